The van der Waals surface area contributed by atoms with Gasteiger partial charge in [-0.1, -0.05) is 29.8 Å². The molecule has 0 aliphatic carbocycles. The maximum Gasteiger partial charge on any atom is 0.363 e. The van der Waals surface area contributed by atoms with Gasteiger partial charge in [0.25, 0.3) is 0 Å². The Morgan fingerprint density at radius 1 is 1.06 bits per heavy atom. The first-order chi connectivity index (χ1) is 15.9. The summed E-state index contributed by atoms with van der Waals surface area (Å²) in [5.74, 6) is -0.997. The summed E-state index contributed by atoms with van der Waals surface area (Å²) in [5, 5.41) is 0. The zero-order chi connectivity index (χ0) is 23.4. The number of nitrogens with zero attached hydrogens (tertiary/aromatic N) is 1. The van der Waals surface area contributed by atoms with Crippen molar-refractivity contribution in [3.63, 3.8) is 0 Å². The zero-order valence-electron chi connectivity index (χ0n) is 18.0. The Balaban J connectivity index is 1.59. The Morgan fingerprint density at radius 3 is 2.58 bits per heavy atom. The molecule has 1 aliphatic rings. The third kappa shape index (κ3) is 5.15. The molecular weight excluding hydrogens is 425 g/mol. The van der Waals surface area contributed by atoms with E-state index in [9.17, 15) is 14.0 Å². The first kappa shape index (κ1) is 22.0. The van der Waals surface area contributed by atoms with Gasteiger partial charge < -0.3 is 14.2 Å². The molecule has 4 rings (SSSR count). The molecule has 33 heavy (non-hydrogen) atoms. The molecule has 1 heterocycles. The van der Waals surface area contributed by atoms with E-state index < -0.39 is 17.8 Å². The van der Waals surface area contributed by atoms with Crippen molar-refractivity contribution < 1.29 is 28.2 Å². The van der Waals surface area contributed by atoms with E-state index in [0.29, 0.717) is 29.0 Å². The molecule has 0 bridgehead atoms. The molecule has 3 aromatic carbocycles. The number of benzene rings is 3. The van der Waals surface area contributed by atoms with Crippen molar-refractivity contribution >= 4 is 23.9 Å². The number of hydrogen-bond acceptors (Lipinski definition) is 6. The quantitative estimate of drug-likeness (QED) is 0.300. The number of esters is 2. The fraction of sp³-hybridized carbons (Fsp3) is 0.115. The fourth-order valence-electron chi connectivity index (χ4n) is 3.13. The van der Waals surface area contributed by atoms with Gasteiger partial charge in [0, 0.05) is 5.56 Å². The van der Waals surface area contributed by atoms with Crippen LogP contribution in [0.5, 0.6) is 11.5 Å². The van der Waals surface area contributed by atoms with Crippen molar-refractivity contribution in [1.82, 2.24) is 0 Å². The van der Waals surface area contributed by atoms with Crippen molar-refractivity contribution in [3.8, 4) is 11.5 Å². The minimum Gasteiger partial charge on any atom is -0.490 e. The van der Waals surface area contributed by atoms with Crippen LogP contribution in [0.2, 0.25) is 0 Å². The van der Waals surface area contributed by atoms with E-state index in [-0.39, 0.29) is 17.3 Å². The Kier molecular flexibility index (Phi) is 6.31. The standard InChI is InChI=1S/C26H20FNO5/c1-3-31-23-14-17(9-12-22(23)32-25(29)18-10-7-16(2)8-11-18)13-21-26(30)33-24(28-21)19-5-4-6-20(27)15-19/h4-15H,3H2,1-2H3/b21-13+. The molecule has 0 fully saturated rings. The summed E-state index contributed by atoms with van der Waals surface area (Å²) in [6, 6.07) is 17.6. The van der Waals surface area contributed by atoms with Crippen LogP contribution in [0.15, 0.2) is 77.4 Å². The number of carbonyl (C=O) groups excluding carboxylic acids is 2. The van der Waals surface area contributed by atoms with Gasteiger partial charge in [-0.05, 0) is 68.0 Å². The van der Waals surface area contributed by atoms with Crippen LogP contribution in [-0.4, -0.2) is 24.4 Å². The maximum atomic E-state index is 13.5. The average molecular weight is 445 g/mol. The lowest BCUT2D eigenvalue weighted by Gasteiger charge is -2.11. The third-order valence-corrected chi connectivity index (χ3v) is 4.75. The first-order valence-corrected chi connectivity index (χ1v) is 10.3. The van der Waals surface area contributed by atoms with Gasteiger partial charge in [-0.3, -0.25) is 0 Å². The molecule has 3 aromatic rings. The number of hydrogen-bond donors (Lipinski definition) is 0. The van der Waals surface area contributed by atoms with Crippen molar-refractivity contribution in [2.45, 2.75) is 13.8 Å². The van der Waals surface area contributed by atoms with Crippen LogP contribution >= 0.6 is 0 Å². The Labute approximate surface area is 189 Å². The van der Waals surface area contributed by atoms with Gasteiger partial charge in [0.2, 0.25) is 5.90 Å². The maximum absolute atomic E-state index is 13.5. The van der Waals surface area contributed by atoms with Gasteiger partial charge in [0.1, 0.15) is 5.82 Å². The number of aliphatic imine (C=N–C) groups is 1. The molecule has 0 saturated carbocycles. The highest BCUT2D eigenvalue weighted by atomic mass is 19.1. The summed E-state index contributed by atoms with van der Waals surface area (Å²) in [6.45, 7) is 4.08. The molecule has 6 nitrogen and oxygen atoms in total. The summed E-state index contributed by atoms with van der Waals surface area (Å²) in [6.07, 6.45) is 1.52. The summed E-state index contributed by atoms with van der Waals surface area (Å²) < 4.78 is 29.8. The molecule has 0 unspecified atom stereocenters. The van der Waals surface area contributed by atoms with Crippen LogP contribution in [0.1, 0.15) is 34.0 Å². The van der Waals surface area contributed by atoms with Gasteiger partial charge in [-0.2, -0.15) is 0 Å². The second-order valence-corrected chi connectivity index (χ2v) is 7.24. The first-order valence-electron chi connectivity index (χ1n) is 10.3. The minimum absolute atomic E-state index is 0.0272. The molecule has 0 spiro atoms. The van der Waals surface area contributed by atoms with Crippen molar-refractivity contribution in [2.24, 2.45) is 4.99 Å². The van der Waals surface area contributed by atoms with Crippen molar-refractivity contribution in [1.29, 1.82) is 0 Å². The molecule has 1 aliphatic heterocycles. The lowest BCUT2D eigenvalue weighted by atomic mass is 10.1. The summed E-state index contributed by atoms with van der Waals surface area (Å²) in [7, 11) is 0. The summed E-state index contributed by atoms with van der Waals surface area (Å²) in [4.78, 5) is 28.9. The lowest BCUT2D eigenvalue weighted by molar-refractivity contribution is -0.129. The normalized spacial score (nSPS) is 14.1. The van der Waals surface area contributed by atoms with E-state index in [1.807, 2.05) is 19.1 Å². The molecule has 0 atom stereocenters. The third-order valence-electron chi connectivity index (χ3n) is 4.75. The lowest BCUT2D eigenvalue weighted by Crippen LogP contribution is -2.09. The number of cyclic esters (lactones) is 1. The average Bonchev–Trinajstić information content (AvgIpc) is 3.16. The van der Waals surface area contributed by atoms with Gasteiger partial charge in [0.15, 0.2) is 17.2 Å². The molecule has 0 amide bonds. The Morgan fingerprint density at radius 2 is 1.85 bits per heavy atom. The number of halogens is 1. The Hall–Kier alpha value is -4.26. The fourth-order valence-corrected chi connectivity index (χ4v) is 3.13. The van der Waals surface area contributed by atoms with E-state index in [0.717, 1.165) is 5.56 Å². The van der Waals surface area contributed by atoms with E-state index in [2.05, 4.69) is 4.99 Å². The Bertz CT molecular complexity index is 1280. The van der Waals surface area contributed by atoms with Gasteiger partial charge >= 0.3 is 11.9 Å². The van der Waals surface area contributed by atoms with Crippen LogP contribution < -0.4 is 9.47 Å². The second-order valence-electron chi connectivity index (χ2n) is 7.24. The largest absolute Gasteiger partial charge is 0.490 e. The molecule has 7 heteroatoms. The number of aryl methyl sites for hydroxylation is 1. The van der Waals surface area contributed by atoms with Gasteiger partial charge in [-0.25, -0.2) is 19.0 Å². The van der Waals surface area contributed by atoms with Crippen LogP contribution in [0.4, 0.5) is 4.39 Å². The van der Waals surface area contributed by atoms with Gasteiger partial charge in [-0.15, -0.1) is 0 Å². The van der Waals surface area contributed by atoms with Crippen LogP contribution in [0.25, 0.3) is 6.08 Å². The predicted octanol–water partition coefficient (Wildman–Crippen LogP) is 5.10. The number of carbonyl (C=O) groups is 2. The zero-order valence-corrected chi connectivity index (χ0v) is 18.0. The number of rotatable bonds is 6. The molecule has 166 valence electrons. The molecule has 0 aromatic heterocycles. The van der Waals surface area contributed by atoms with Crippen LogP contribution in [-0.2, 0) is 9.53 Å². The topological polar surface area (TPSA) is 74.2 Å². The molecule has 0 saturated heterocycles. The number of ether oxygens (including phenoxy) is 3. The minimum atomic E-state index is -0.651. The predicted molar refractivity (Wildman–Crippen MR) is 121 cm³/mol. The smallest absolute Gasteiger partial charge is 0.363 e. The summed E-state index contributed by atoms with van der Waals surface area (Å²) >= 11 is 0. The van der Waals surface area contributed by atoms with Crippen molar-refractivity contribution in [3.05, 3.63) is 100 Å². The highest BCUT2D eigenvalue weighted by molar-refractivity contribution is 6.12. The van der Waals surface area contributed by atoms with E-state index in [4.69, 9.17) is 14.2 Å². The SMILES string of the molecule is CCOc1cc(/C=C2/N=C(c3cccc(F)c3)OC2=O)ccc1OC(=O)c1ccc(C)cc1. The van der Waals surface area contributed by atoms with E-state index in [1.54, 1.807) is 43.3 Å². The molecular formula is C26H20FNO5. The summed E-state index contributed by atoms with van der Waals surface area (Å²) in [5.41, 5.74) is 2.46. The highest BCUT2D eigenvalue weighted by Gasteiger charge is 2.24. The molecule has 0 N–H and O–H groups in total. The second kappa shape index (κ2) is 9.48. The van der Waals surface area contributed by atoms with Crippen LogP contribution in [0.3, 0.4) is 0 Å². The van der Waals surface area contributed by atoms with Crippen molar-refractivity contribution in [2.75, 3.05) is 6.61 Å². The van der Waals surface area contributed by atoms with E-state index >= 15 is 0 Å². The molecule has 0 radical (unpaired) electrons. The van der Waals surface area contributed by atoms with Gasteiger partial charge in [0.05, 0.1) is 12.2 Å². The monoisotopic (exact) mass is 445 g/mol. The highest BCUT2D eigenvalue weighted by Crippen LogP contribution is 2.31. The van der Waals surface area contributed by atoms with Crippen LogP contribution in [0, 0.1) is 12.7 Å². The van der Waals surface area contributed by atoms with E-state index in [1.165, 1.54) is 24.3 Å².